The molecule has 9 nitrogen and oxygen atoms in total. The molecule has 0 aliphatic heterocycles. The van der Waals surface area contributed by atoms with Crippen molar-refractivity contribution in [3.8, 4) is 11.6 Å². The van der Waals surface area contributed by atoms with Crippen LogP contribution in [0.25, 0.3) is 5.70 Å². The Labute approximate surface area is 151 Å². The number of likely N-dealkylation sites (N-methyl/N-ethyl adjacent to an activating group) is 1. The minimum Gasteiger partial charge on any atom is -0.506 e. The van der Waals surface area contributed by atoms with E-state index in [2.05, 4.69) is 20.3 Å². The summed E-state index contributed by atoms with van der Waals surface area (Å²) in [5.74, 6) is 7.00. The van der Waals surface area contributed by atoms with E-state index in [1.165, 1.54) is 5.01 Å². The van der Waals surface area contributed by atoms with Crippen LogP contribution in [0.15, 0.2) is 30.1 Å². The number of ether oxygens (including phenoxy) is 1. The van der Waals surface area contributed by atoms with Gasteiger partial charge in [0.1, 0.15) is 11.9 Å². The van der Waals surface area contributed by atoms with E-state index in [0.717, 1.165) is 12.8 Å². The van der Waals surface area contributed by atoms with E-state index < -0.39 is 0 Å². The average molecular weight is 357 g/mol. The first kappa shape index (κ1) is 17.7. The Balaban J connectivity index is 1.76. The maximum Gasteiger partial charge on any atom is 0.226 e. The summed E-state index contributed by atoms with van der Waals surface area (Å²) in [4.78, 5) is 12.8. The fourth-order valence-electron chi connectivity index (χ4n) is 2.27. The van der Waals surface area contributed by atoms with Gasteiger partial charge in [0.2, 0.25) is 11.8 Å². The van der Waals surface area contributed by atoms with E-state index >= 15 is 0 Å². The summed E-state index contributed by atoms with van der Waals surface area (Å²) in [6.45, 7) is 2.00. The maximum absolute atomic E-state index is 9.62. The minimum absolute atomic E-state index is 0.114. The summed E-state index contributed by atoms with van der Waals surface area (Å²) in [7, 11) is 1.69. The molecule has 2 aromatic rings. The van der Waals surface area contributed by atoms with Gasteiger partial charge >= 0.3 is 0 Å². The number of anilines is 1. The van der Waals surface area contributed by atoms with Gasteiger partial charge in [-0.25, -0.2) is 15.8 Å². The minimum atomic E-state index is 0.114. The van der Waals surface area contributed by atoms with Gasteiger partial charge in [-0.05, 0) is 31.9 Å². The first-order chi connectivity index (χ1) is 12.4. The van der Waals surface area contributed by atoms with Crippen molar-refractivity contribution in [2.45, 2.75) is 25.9 Å². The van der Waals surface area contributed by atoms with Crippen molar-refractivity contribution in [2.75, 3.05) is 18.9 Å². The molecule has 138 valence electrons. The average Bonchev–Trinajstić information content (AvgIpc) is 3.41. The molecule has 0 radical (unpaired) electrons. The third kappa shape index (κ3) is 4.31. The molecule has 0 bridgehead atoms. The van der Waals surface area contributed by atoms with Gasteiger partial charge in [-0.2, -0.15) is 4.98 Å². The molecule has 1 aliphatic carbocycles. The lowest BCUT2D eigenvalue weighted by molar-refractivity contribution is 0.291. The molecular weight excluding hydrogens is 334 g/mol. The van der Waals surface area contributed by atoms with Crippen LogP contribution in [0.2, 0.25) is 0 Å². The second-order valence-electron chi connectivity index (χ2n) is 6.16. The molecule has 1 saturated carbocycles. The quantitative estimate of drug-likeness (QED) is 0.422. The zero-order valence-electron chi connectivity index (χ0n) is 14.8. The zero-order valence-corrected chi connectivity index (χ0v) is 14.8. The molecule has 0 unspecified atom stereocenters. The highest BCUT2D eigenvalue weighted by Crippen LogP contribution is 2.25. The van der Waals surface area contributed by atoms with Crippen LogP contribution in [0.1, 0.15) is 24.2 Å². The lowest BCUT2D eigenvalue weighted by atomic mass is 10.2. The van der Waals surface area contributed by atoms with Crippen molar-refractivity contribution in [1.82, 2.24) is 20.0 Å². The normalized spacial score (nSPS) is 14.6. The molecule has 0 atom stereocenters. The molecule has 2 heterocycles. The van der Waals surface area contributed by atoms with Crippen LogP contribution in [-0.4, -0.2) is 44.8 Å². The van der Waals surface area contributed by atoms with E-state index in [0.29, 0.717) is 41.2 Å². The molecule has 6 N–H and O–H groups in total. The molecule has 3 rings (SSSR count). The molecule has 0 amide bonds. The van der Waals surface area contributed by atoms with Crippen LogP contribution in [-0.2, 0) is 0 Å². The summed E-state index contributed by atoms with van der Waals surface area (Å²) >= 11 is 0. The van der Waals surface area contributed by atoms with Gasteiger partial charge in [-0.1, -0.05) is 0 Å². The van der Waals surface area contributed by atoms with Crippen molar-refractivity contribution in [3.63, 3.8) is 0 Å². The molecular formula is C17H23N7O2. The summed E-state index contributed by atoms with van der Waals surface area (Å²) in [5, 5.41) is 14.1. The number of hydrazine groups is 1. The van der Waals surface area contributed by atoms with Crippen molar-refractivity contribution in [2.24, 2.45) is 11.6 Å². The number of nitrogens with one attached hydrogen (secondary N) is 1. The van der Waals surface area contributed by atoms with Crippen molar-refractivity contribution >= 4 is 11.6 Å². The number of aromatic nitrogens is 3. The summed E-state index contributed by atoms with van der Waals surface area (Å²) in [5.41, 5.74) is 8.27. The fraction of sp³-hybridized carbons (Fsp3) is 0.353. The maximum atomic E-state index is 9.62. The van der Waals surface area contributed by atoms with Gasteiger partial charge in [0.15, 0.2) is 0 Å². The second-order valence-corrected chi connectivity index (χ2v) is 6.16. The zero-order chi connectivity index (χ0) is 18.7. The third-order valence-electron chi connectivity index (χ3n) is 3.93. The van der Waals surface area contributed by atoms with Crippen LogP contribution in [0.3, 0.4) is 0 Å². The Kier molecular flexibility index (Phi) is 5.08. The summed E-state index contributed by atoms with van der Waals surface area (Å²) in [6, 6.07) is 4.92. The topological polar surface area (TPSA) is 135 Å². The molecule has 2 aromatic heterocycles. The smallest absolute Gasteiger partial charge is 0.226 e. The number of hydrogen-bond acceptors (Lipinski definition) is 9. The highest BCUT2D eigenvalue weighted by molar-refractivity contribution is 5.64. The SMILES string of the molecule is Cc1nc(/C(N)=C(\CNc2nccc(OC3CC3)n2)N(C)N)ccc1O. The van der Waals surface area contributed by atoms with Crippen LogP contribution < -0.4 is 21.6 Å². The molecule has 0 spiro atoms. The van der Waals surface area contributed by atoms with Gasteiger partial charge < -0.3 is 25.9 Å². The summed E-state index contributed by atoms with van der Waals surface area (Å²) < 4.78 is 5.66. The lowest BCUT2D eigenvalue weighted by Gasteiger charge is -2.20. The Morgan fingerprint density at radius 1 is 1.35 bits per heavy atom. The monoisotopic (exact) mass is 357 g/mol. The molecule has 26 heavy (non-hydrogen) atoms. The van der Waals surface area contributed by atoms with E-state index in [9.17, 15) is 5.11 Å². The van der Waals surface area contributed by atoms with Crippen molar-refractivity contribution < 1.29 is 9.84 Å². The van der Waals surface area contributed by atoms with Crippen molar-refractivity contribution in [3.05, 3.63) is 41.5 Å². The lowest BCUT2D eigenvalue weighted by Crippen LogP contribution is -2.32. The predicted octanol–water partition coefficient (Wildman–Crippen LogP) is 0.972. The van der Waals surface area contributed by atoms with Gasteiger partial charge in [-0.15, -0.1) is 0 Å². The second kappa shape index (κ2) is 7.44. The molecule has 1 aliphatic rings. The molecule has 1 fully saturated rings. The van der Waals surface area contributed by atoms with Crippen LogP contribution in [0, 0.1) is 6.92 Å². The Bertz CT molecular complexity index is 819. The number of hydrogen-bond donors (Lipinski definition) is 4. The standard InChI is InChI=1S/C17H23N7O2/c1-10-14(25)6-5-12(22-10)16(18)13(24(2)19)9-21-17-20-8-7-15(23-17)26-11-3-4-11/h5-8,11,25H,3-4,9,18-19H2,1-2H3,(H,20,21,23)/b16-13-. The van der Waals surface area contributed by atoms with Crippen LogP contribution in [0.5, 0.6) is 11.6 Å². The van der Waals surface area contributed by atoms with Gasteiger partial charge in [0.25, 0.3) is 0 Å². The fourth-order valence-corrected chi connectivity index (χ4v) is 2.27. The van der Waals surface area contributed by atoms with Gasteiger partial charge in [0, 0.05) is 19.3 Å². The van der Waals surface area contributed by atoms with Crippen molar-refractivity contribution in [1.29, 1.82) is 0 Å². The highest BCUT2D eigenvalue weighted by Gasteiger charge is 2.24. The van der Waals surface area contributed by atoms with Crippen LogP contribution >= 0.6 is 0 Å². The van der Waals surface area contributed by atoms with E-state index in [4.69, 9.17) is 16.3 Å². The number of nitrogens with two attached hydrogens (primary N) is 2. The largest absolute Gasteiger partial charge is 0.506 e. The first-order valence-corrected chi connectivity index (χ1v) is 8.31. The third-order valence-corrected chi connectivity index (χ3v) is 3.93. The number of aryl methyl sites for hydroxylation is 1. The van der Waals surface area contributed by atoms with E-state index in [1.807, 2.05) is 0 Å². The molecule has 0 saturated heterocycles. The number of aromatic hydroxyl groups is 1. The number of rotatable bonds is 7. The number of pyridine rings is 1. The Morgan fingerprint density at radius 3 is 2.77 bits per heavy atom. The van der Waals surface area contributed by atoms with Gasteiger partial charge in [0.05, 0.1) is 29.3 Å². The molecule has 9 heteroatoms. The predicted molar refractivity (Wildman–Crippen MR) is 97.9 cm³/mol. The molecule has 0 aromatic carbocycles. The van der Waals surface area contributed by atoms with E-state index in [1.54, 1.807) is 38.4 Å². The first-order valence-electron chi connectivity index (χ1n) is 8.31. The number of nitrogens with zero attached hydrogens (tertiary/aromatic N) is 4. The Morgan fingerprint density at radius 2 is 2.12 bits per heavy atom. The summed E-state index contributed by atoms with van der Waals surface area (Å²) in [6.07, 6.45) is 4.03. The Hall–Kier alpha value is -3.07. The van der Waals surface area contributed by atoms with Gasteiger partial charge in [-0.3, -0.25) is 0 Å². The van der Waals surface area contributed by atoms with Crippen LogP contribution in [0.4, 0.5) is 5.95 Å². The highest BCUT2D eigenvalue weighted by atomic mass is 16.5. The van der Waals surface area contributed by atoms with E-state index in [-0.39, 0.29) is 11.9 Å².